The first-order chi connectivity index (χ1) is 16.0. The molecule has 1 aliphatic rings. The van der Waals surface area contributed by atoms with Gasteiger partial charge in [-0.3, -0.25) is 9.59 Å². The highest BCUT2D eigenvalue weighted by Gasteiger charge is 2.26. The van der Waals surface area contributed by atoms with E-state index in [9.17, 15) is 19.1 Å². The van der Waals surface area contributed by atoms with E-state index in [1.807, 2.05) is 0 Å². The van der Waals surface area contributed by atoms with Crippen molar-refractivity contribution < 1.29 is 14.3 Å². The zero-order valence-electron chi connectivity index (χ0n) is 17.5. The van der Waals surface area contributed by atoms with E-state index in [1.165, 1.54) is 22.9 Å². The zero-order chi connectivity index (χ0) is 22.9. The predicted molar refractivity (Wildman–Crippen MR) is 120 cm³/mol. The minimum atomic E-state index is -0.398. The average molecular weight is 448 g/mol. The molecule has 5 rings (SSSR count). The number of hydrogen-bond acceptors (Lipinski definition) is 6. The second kappa shape index (κ2) is 8.57. The highest BCUT2D eigenvalue weighted by Crippen LogP contribution is 2.20. The fourth-order valence-corrected chi connectivity index (χ4v) is 4.00. The van der Waals surface area contributed by atoms with Gasteiger partial charge in [0.25, 0.3) is 11.5 Å². The monoisotopic (exact) mass is 448 g/mol. The maximum absolute atomic E-state index is 13.6. The van der Waals surface area contributed by atoms with Crippen LogP contribution in [-0.4, -0.2) is 68.2 Å². The van der Waals surface area contributed by atoms with Crippen molar-refractivity contribution in [3.63, 3.8) is 0 Å². The van der Waals surface area contributed by atoms with Gasteiger partial charge in [0.05, 0.1) is 30.1 Å². The molecule has 0 aliphatic carbocycles. The molecule has 1 fully saturated rings. The van der Waals surface area contributed by atoms with E-state index in [1.54, 1.807) is 41.4 Å². The van der Waals surface area contributed by atoms with Gasteiger partial charge in [-0.05, 0) is 48.5 Å². The molecular weight excluding hydrogens is 427 g/mol. The summed E-state index contributed by atoms with van der Waals surface area (Å²) in [5.74, 6) is -0.541. The number of nitrogens with one attached hydrogen (secondary N) is 2. The number of aliphatic hydroxyl groups is 1. The number of halogens is 1. The smallest absolute Gasteiger partial charge is 0.258 e. The molecule has 0 spiro atoms. The molecule has 0 unspecified atom stereocenters. The number of H-pyrrole nitrogens is 1. The van der Waals surface area contributed by atoms with Crippen LogP contribution in [0.15, 0.2) is 59.5 Å². The number of hydrogen-bond donors (Lipinski definition) is 3. The molecule has 10 heteroatoms. The number of amides is 1. The maximum atomic E-state index is 13.6. The van der Waals surface area contributed by atoms with E-state index >= 15 is 0 Å². The number of rotatable bonds is 4. The summed E-state index contributed by atoms with van der Waals surface area (Å²) >= 11 is 0. The molecule has 1 atom stereocenters. The van der Waals surface area contributed by atoms with E-state index in [2.05, 4.69) is 20.6 Å². The summed E-state index contributed by atoms with van der Waals surface area (Å²) in [6.45, 7) is 1.67. The highest BCUT2D eigenvalue weighted by molar-refractivity contribution is 5.94. The van der Waals surface area contributed by atoms with Crippen molar-refractivity contribution in [2.45, 2.75) is 6.04 Å². The topological polar surface area (TPSA) is 116 Å². The van der Waals surface area contributed by atoms with Crippen molar-refractivity contribution in [2.75, 3.05) is 26.2 Å². The molecule has 168 valence electrons. The van der Waals surface area contributed by atoms with Crippen molar-refractivity contribution in [1.82, 2.24) is 30.2 Å². The Labute approximate surface area is 187 Å². The van der Waals surface area contributed by atoms with Gasteiger partial charge in [-0.15, -0.1) is 5.10 Å². The van der Waals surface area contributed by atoms with Crippen LogP contribution in [0.3, 0.4) is 0 Å². The third-order valence-electron chi connectivity index (χ3n) is 5.78. The summed E-state index contributed by atoms with van der Waals surface area (Å²) in [5.41, 5.74) is 1.97. The normalized spacial score (nSPS) is 16.3. The summed E-state index contributed by atoms with van der Waals surface area (Å²) in [7, 11) is 0. The van der Waals surface area contributed by atoms with Gasteiger partial charge in [-0.25, -0.2) is 9.07 Å². The van der Waals surface area contributed by atoms with E-state index in [0.717, 1.165) is 0 Å². The number of carbonyl (C=O) groups excluding carboxylic acids is 1. The molecule has 33 heavy (non-hydrogen) atoms. The van der Waals surface area contributed by atoms with E-state index in [-0.39, 0.29) is 29.7 Å². The fraction of sp³-hybridized carbons (Fsp3) is 0.217. The molecule has 0 bridgehead atoms. The van der Waals surface area contributed by atoms with Crippen LogP contribution in [0.1, 0.15) is 10.4 Å². The number of aliphatic hydroxyl groups excluding tert-OH is 1. The van der Waals surface area contributed by atoms with Gasteiger partial charge in [0.15, 0.2) is 0 Å². The molecule has 0 radical (unpaired) electrons. The van der Waals surface area contributed by atoms with Crippen LogP contribution < -0.4 is 10.9 Å². The maximum Gasteiger partial charge on any atom is 0.258 e. The molecular formula is C23H21FN6O3. The van der Waals surface area contributed by atoms with E-state index in [4.69, 9.17) is 0 Å². The molecule has 4 aromatic rings. The van der Waals surface area contributed by atoms with Gasteiger partial charge >= 0.3 is 0 Å². The van der Waals surface area contributed by atoms with Crippen LogP contribution >= 0.6 is 0 Å². The van der Waals surface area contributed by atoms with Crippen LogP contribution in [0.25, 0.3) is 27.8 Å². The largest absolute Gasteiger partial charge is 0.394 e. The van der Waals surface area contributed by atoms with Crippen molar-refractivity contribution in [3.8, 4) is 16.9 Å². The van der Waals surface area contributed by atoms with Crippen LogP contribution in [-0.2, 0) is 0 Å². The third kappa shape index (κ3) is 4.01. The third-order valence-corrected chi connectivity index (χ3v) is 5.78. The summed E-state index contributed by atoms with van der Waals surface area (Å²) < 4.78 is 15.1. The summed E-state index contributed by atoms with van der Waals surface area (Å²) in [6, 6.07) is 12.3. The van der Waals surface area contributed by atoms with Gasteiger partial charge in [0, 0.05) is 36.1 Å². The Kier molecular flexibility index (Phi) is 5.45. The van der Waals surface area contributed by atoms with E-state index in [0.29, 0.717) is 47.5 Å². The Morgan fingerprint density at radius 3 is 2.79 bits per heavy atom. The Morgan fingerprint density at radius 2 is 2.00 bits per heavy atom. The minimum absolute atomic E-state index is 0.0981. The van der Waals surface area contributed by atoms with Gasteiger partial charge in [-0.1, -0.05) is 5.21 Å². The molecule has 1 aliphatic heterocycles. The number of benzene rings is 2. The van der Waals surface area contributed by atoms with Gasteiger partial charge in [0.1, 0.15) is 11.5 Å². The lowest BCUT2D eigenvalue weighted by atomic mass is 10.1. The first-order valence-corrected chi connectivity index (χ1v) is 10.5. The predicted octanol–water partition coefficient (Wildman–Crippen LogP) is 1.32. The Morgan fingerprint density at radius 1 is 1.18 bits per heavy atom. The van der Waals surface area contributed by atoms with Crippen LogP contribution in [0.2, 0.25) is 0 Å². The number of nitrogens with zero attached hydrogens (tertiary/aromatic N) is 4. The van der Waals surface area contributed by atoms with Crippen LogP contribution in [0, 0.1) is 5.82 Å². The lowest BCUT2D eigenvalue weighted by molar-refractivity contribution is 0.0536. The number of carbonyl (C=O) groups is 1. The lowest BCUT2D eigenvalue weighted by Crippen LogP contribution is -2.55. The first-order valence-electron chi connectivity index (χ1n) is 10.5. The van der Waals surface area contributed by atoms with Gasteiger partial charge in [-0.2, -0.15) is 0 Å². The summed E-state index contributed by atoms with van der Waals surface area (Å²) in [5, 5.41) is 21.5. The molecule has 3 N–H and O–H groups in total. The standard InChI is InChI=1S/C23H21FN6O3/c24-16-3-6-20-15(9-16)10-19(22(32)26-20)21-12-30(28-27-21)17-4-1-14(2-5-17)23(33)29-8-7-25-11-18(29)13-31/h1-6,9-10,12,18,25,31H,7-8,11,13H2,(H,26,32)/t18-/m0/s1. The number of pyridine rings is 1. The molecule has 2 aromatic heterocycles. The van der Waals surface area contributed by atoms with Gasteiger partial charge in [0.2, 0.25) is 0 Å². The number of aromatic amines is 1. The first kappa shape index (κ1) is 21.0. The highest BCUT2D eigenvalue weighted by atomic mass is 19.1. The second-order valence-electron chi connectivity index (χ2n) is 7.88. The number of fused-ring (bicyclic) bond motifs is 1. The Hall–Kier alpha value is -3.89. The summed E-state index contributed by atoms with van der Waals surface area (Å²) in [4.78, 5) is 29.8. The Bertz CT molecular complexity index is 1380. The van der Waals surface area contributed by atoms with Crippen molar-refractivity contribution in [3.05, 3.63) is 76.5 Å². The quantitative estimate of drug-likeness (QED) is 0.434. The molecule has 3 heterocycles. The molecule has 2 aromatic carbocycles. The van der Waals surface area contributed by atoms with Crippen LogP contribution in [0.5, 0.6) is 0 Å². The molecule has 1 amide bonds. The zero-order valence-corrected chi connectivity index (χ0v) is 17.5. The van der Waals surface area contributed by atoms with E-state index < -0.39 is 5.82 Å². The fourth-order valence-electron chi connectivity index (χ4n) is 4.00. The summed E-state index contributed by atoms with van der Waals surface area (Å²) in [6.07, 6.45) is 1.60. The van der Waals surface area contributed by atoms with Crippen molar-refractivity contribution in [1.29, 1.82) is 0 Å². The average Bonchev–Trinajstić information content (AvgIpc) is 3.33. The van der Waals surface area contributed by atoms with Crippen LogP contribution in [0.4, 0.5) is 4.39 Å². The SMILES string of the molecule is O=C(c1ccc(-n2cc(-c3cc4cc(F)ccc4[nH]c3=O)nn2)cc1)N1CCNC[C@H]1CO. The van der Waals surface area contributed by atoms with Crippen molar-refractivity contribution >= 4 is 16.8 Å². The minimum Gasteiger partial charge on any atom is -0.394 e. The second-order valence-corrected chi connectivity index (χ2v) is 7.88. The number of aromatic nitrogens is 4. The molecule has 9 nitrogen and oxygen atoms in total. The van der Waals surface area contributed by atoms with Crippen molar-refractivity contribution in [2.24, 2.45) is 0 Å². The Balaban J connectivity index is 1.40. The molecule has 1 saturated heterocycles. The molecule has 0 saturated carbocycles. The number of piperazine rings is 1. The lowest BCUT2D eigenvalue weighted by Gasteiger charge is -2.35. The van der Waals surface area contributed by atoms with Gasteiger partial charge < -0.3 is 20.3 Å².